The average Bonchev–Trinajstić information content (AvgIpc) is 1.99. The lowest BCUT2D eigenvalue weighted by Crippen LogP contribution is -1.88. The van der Waals surface area contributed by atoms with Crippen LogP contribution in [-0.4, -0.2) is 18.8 Å². The van der Waals surface area contributed by atoms with Crippen LogP contribution in [-0.2, 0) is 6.42 Å². The monoisotopic (exact) mass is 222 g/mol. The zero-order valence-electron chi connectivity index (χ0n) is 10.5. The Kier molecular flexibility index (Phi) is 4.04. The van der Waals surface area contributed by atoms with Crippen LogP contribution < -0.4 is 0 Å². The Morgan fingerprint density at radius 1 is 1.00 bits per heavy atom. The van der Waals surface area contributed by atoms with Crippen molar-refractivity contribution >= 4 is 10.0 Å². The Bertz CT molecular complexity index is 336. The molecule has 0 spiro atoms. The Hall–Kier alpha value is -0.690. The van der Waals surface area contributed by atoms with Crippen LogP contribution in [0.5, 0.6) is 0 Å². The maximum absolute atomic E-state index is 2.37. The zero-order chi connectivity index (χ0) is 11.5. The molecule has 15 heavy (non-hydrogen) atoms. The van der Waals surface area contributed by atoms with Crippen molar-refractivity contribution in [2.75, 3.05) is 18.8 Å². The fraction of sp³-hybridized carbons (Fsp3) is 0.429. The molecule has 1 rings (SSSR count). The van der Waals surface area contributed by atoms with Gasteiger partial charge >= 0.3 is 0 Å². The van der Waals surface area contributed by atoms with Crippen molar-refractivity contribution in [2.45, 2.75) is 20.3 Å². The van der Waals surface area contributed by atoms with Gasteiger partial charge in [0, 0.05) is 0 Å². The summed E-state index contributed by atoms with van der Waals surface area (Å²) in [5, 5.41) is 2.37. The van der Waals surface area contributed by atoms with Crippen LogP contribution in [0.25, 0.3) is 0 Å². The summed E-state index contributed by atoms with van der Waals surface area (Å²) in [4.78, 5) is 0. The normalized spacial score (nSPS) is 13.4. The molecule has 0 unspecified atom stereocenters. The summed E-state index contributed by atoms with van der Waals surface area (Å²) < 4.78 is 0. The van der Waals surface area contributed by atoms with Crippen molar-refractivity contribution < 1.29 is 0 Å². The van der Waals surface area contributed by atoms with E-state index in [9.17, 15) is 0 Å². The molecule has 0 nitrogen and oxygen atoms in total. The minimum Gasteiger partial charge on any atom is -0.230 e. The van der Waals surface area contributed by atoms with Gasteiger partial charge in [-0.1, -0.05) is 40.8 Å². The first-order valence-electron chi connectivity index (χ1n) is 5.29. The van der Waals surface area contributed by atoms with E-state index < -0.39 is 10.0 Å². The van der Waals surface area contributed by atoms with Crippen LogP contribution in [0.3, 0.4) is 0 Å². The van der Waals surface area contributed by atoms with Crippen LogP contribution in [0.15, 0.2) is 29.7 Å². The minimum atomic E-state index is -0.495. The SMILES string of the molecule is Cc1cc(C)cc(CC=CS(C)(C)C)c1. The second-order valence-electron chi connectivity index (χ2n) is 5.00. The fourth-order valence-electron chi connectivity index (χ4n) is 1.66. The molecule has 0 saturated heterocycles. The molecule has 0 aliphatic rings. The highest BCUT2D eigenvalue weighted by Crippen LogP contribution is 2.36. The molecule has 0 aliphatic carbocycles. The van der Waals surface area contributed by atoms with E-state index in [1.165, 1.54) is 16.7 Å². The molecular formula is C14H22S. The first kappa shape index (κ1) is 12.4. The summed E-state index contributed by atoms with van der Waals surface area (Å²) in [5.74, 6) is 0. The molecule has 1 heteroatoms. The number of hydrogen-bond donors (Lipinski definition) is 0. The van der Waals surface area contributed by atoms with E-state index in [1.54, 1.807) is 0 Å². The molecule has 0 aromatic heterocycles. The van der Waals surface area contributed by atoms with Gasteiger partial charge in [-0.15, -0.1) is 0 Å². The third-order valence-corrected chi connectivity index (χ3v) is 3.15. The highest BCUT2D eigenvalue weighted by molar-refractivity contribution is 8.34. The van der Waals surface area contributed by atoms with E-state index >= 15 is 0 Å². The van der Waals surface area contributed by atoms with Crippen LogP contribution in [0.2, 0.25) is 0 Å². The molecule has 0 bridgehead atoms. The van der Waals surface area contributed by atoms with Crippen LogP contribution in [0, 0.1) is 13.8 Å². The van der Waals surface area contributed by atoms with Gasteiger partial charge in [-0.2, -0.15) is 0 Å². The molecule has 84 valence electrons. The third kappa shape index (κ3) is 5.08. The van der Waals surface area contributed by atoms with Crippen molar-refractivity contribution in [3.05, 3.63) is 46.4 Å². The smallest absolute Gasteiger partial charge is 0.00896 e. The van der Waals surface area contributed by atoms with Gasteiger partial charge in [0.1, 0.15) is 0 Å². The Morgan fingerprint density at radius 2 is 1.53 bits per heavy atom. The maximum Gasteiger partial charge on any atom is -0.00896 e. The maximum atomic E-state index is 2.37. The van der Waals surface area contributed by atoms with Gasteiger partial charge in [-0.25, -0.2) is 10.0 Å². The molecule has 0 radical (unpaired) electrons. The van der Waals surface area contributed by atoms with E-state index in [0.717, 1.165) is 6.42 Å². The topological polar surface area (TPSA) is 0 Å². The molecule has 0 atom stereocenters. The zero-order valence-corrected chi connectivity index (χ0v) is 11.3. The van der Waals surface area contributed by atoms with Gasteiger partial charge in [0.2, 0.25) is 0 Å². The third-order valence-electron chi connectivity index (χ3n) is 2.14. The molecule has 0 saturated carbocycles. The Morgan fingerprint density at radius 3 is 2.00 bits per heavy atom. The summed E-state index contributed by atoms with van der Waals surface area (Å²) >= 11 is 0. The number of aryl methyl sites for hydroxylation is 2. The standard InChI is InChI=1S/C14H22S/c1-12-9-13(2)11-14(10-12)7-6-8-15(3,4)5/h6,8-11H,7H2,1-5H3. The van der Waals surface area contributed by atoms with Gasteiger partial charge in [-0.3, -0.25) is 0 Å². The quantitative estimate of drug-likeness (QED) is 0.723. The van der Waals surface area contributed by atoms with Crippen molar-refractivity contribution in [2.24, 2.45) is 0 Å². The van der Waals surface area contributed by atoms with Crippen LogP contribution in [0.1, 0.15) is 16.7 Å². The molecule has 1 aromatic carbocycles. The predicted molar refractivity (Wildman–Crippen MR) is 74.1 cm³/mol. The summed E-state index contributed by atoms with van der Waals surface area (Å²) in [5.41, 5.74) is 4.15. The molecule has 0 N–H and O–H groups in total. The minimum absolute atomic E-state index is 0.495. The van der Waals surface area contributed by atoms with E-state index in [1.807, 2.05) is 0 Å². The Labute approximate surface area is 95.7 Å². The lowest BCUT2D eigenvalue weighted by molar-refractivity contribution is 1.23. The van der Waals surface area contributed by atoms with Crippen LogP contribution in [0.4, 0.5) is 0 Å². The molecule has 0 amide bonds. The summed E-state index contributed by atoms with van der Waals surface area (Å²) in [7, 11) is -0.495. The second kappa shape index (κ2) is 4.89. The van der Waals surface area contributed by atoms with Crippen molar-refractivity contribution in [3.63, 3.8) is 0 Å². The van der Waals surface area contributed by atoms with Crippen molar-refractivity contribution in [1.29, 1.82) is 0 Å². The first-order valence-corrected chi connectivity index (χ1v) is 8.21. The van der Waals surface area contributed by atoms with Crippen LogP contribution >= 0.6 is 10.0 Å². The number of benzene rings is 1. The summed E-state index contributed by atoms with van der Waals surface area (Å²) in [6, 6.07) is 6.77. The molecular weight excluding hydrogens is 200 g/mol. The lowest BCUT2D eigenvalue weighted by Gasteiger charge is -2.18. The number of allylic oxidation sites excluding steroid dienone is 1. The van der Waals surface area contributed by atoms with Gasteiger partial charge in [0.15, 0.2) is 0 Å². The van der Waals surface area contributed by atoms with E-state index in [4.69, 9.17) is 0 Å². The van der Waals surface area contributed by atoms with E-state index in [-0.39, 0.29) is 0 Å². The number of hydrogen-bond acceptors (Lipinski definition) is 0. The highest BCUT2D eigenvalue weighted by atomic mass is 32.3. The lowest BCUT2D eigenvalue weighted by atomic mass is 10.1. The fourth-order valence-corrected chi connectivity index (χ4v) is 2.33. The molecule has 0 heterocycles. The summed E-state index contributed by atoms with van der Waals surface area (Å²) in [6.45, 7) is 4.32. The van der Waals surface area contributed by atoms with Crippen molar-refractivity contribution in [3.8, 4) is 0 Å². The average molecular weight is 222 g/mol. The van der Waals surface area contributed by atoms with E-state index in [2.05, 4.69) is 62.3 Å². The van der Waals surface area contributed by atoms with Crippen molar-refractivity contribution in [1.82, 2.24) is 0 Å². The summed E-state index contributed by atoms with van der Waals surface area (Å²) in [6.07, 6.45) is 10.3. The molecule has 0 aliphatic heterocycles. The predicted octanol–water partition coefficient (Wildman–Crippen LogP) is 4.05. The Balaban J connectivity index is 2.70. The first-order chi connectivity index (χ1) is 6.87. The van der Waals surface area contributed by atoms with Gasteiger partial charge in [-0.05, 0) is 44.6 Å². The number of rotatable bonds is 3. The largest absolute Gasteiger partial charge is 0.230 e. The molecule has 1 aromatic rings. The van der Waals surface area contributed by atoms with Gasteiger partial charge in [0.25, 0.3) is 0 Å². The van der Waals surface area contributed by atoms with Gasteiger partial charge in [0.05, 0.1) is 0 Å². The highest BCUT2D eigenvalue weighted by Gasteiger charge is 1.97. The second-order valence-corrected chi connectivity index (χ2v) is 9.14. The molecule has 0 fully saturated rings. The van der Waals surface area contributed by atoms with Gasteiger partial charge < -0.3 is 0 Å². The van der Waals surface area contributed by atoms with E-state index in [0.29, 0.717) is 0 Å².